The fourth-order valence-electron chi connectivity index (χ4n) is 4.73. The number of carbonyl (C=O) groups excluding carboxylic acids is 1. The Kier molecular flexibility index (Phi) is 9.55. The van der Waals surface area contributed by atoms with Crippen LogP contribution in [-0.4, -0.2) is 76.0 Å². The standard InChI is InChI=1S/C24H37FN2O5S/c1-13(2)18(22-20(29)19(28)21(30)24(32-22)33-3)27-23(31)17-11-15(12-26-17)6-4-5-14-7-9-16(25)10-8-14/h7-10,13,15,17-22,24,26,28-30H,4-6,11-12H2,1-3H3,(H,27,31)/t15-,17+,18-,19+,20-,21-,22-,24-/m1/s1. The van der Waals surface area contributed by atoms with Crippen LogP contribution in [0, 0.1) is 17.7 Å². The summed E-state index contributed by atoms with van der Waals surface area (Å²) < 4.78 is 18.9. The summed E-state index contributed by atoms with van der Waals surface area (Å²) in [6.45, 7) is 4.61. The Bertz CT molecular complexity index is 766. The van der Waals surface area contributed by atoms with Crippen molar-refractivity contribution in [1.29, 1.82) is 0 Å². The van der Waals surface area contributed by atoms with Crippen molar-refractivity contribution >= 4 is 17.7 Å². The summed E-state index contributed by atoms with van der Waals surface area (Å²) >= 11 is 1.26. The van der Waals surface area contributed by atoms with E-state index in [-0.39, 0.29) is 23.7 Å². The van der Waals surface area contributed by atoms with Crippen LogP contribution in [0.25, 0.3) is 0 Å². The fourth-order valence-corrected chi connectivity index (χ4v) is 5.41. The summed E-state index contributed by atoms with van der Waals surface area (Å²) in [6, 6.07) is 5.74. The summed E-state index contributed by atoms with van der Waals surface area (Å²) in [4.78, 5) is 13.0. The van der Waals surface area contributed by atoms with Gasteiger partial charge in [-0.2, -0.15) is 0 Å². The predicted molar refractivity (Wildman–Crippen MR) is 126 cm³/mol. The lowest BCUT2D eigenvalue weighted by atomic mass is 9.88. The zero-order chi connectivity index (χ0) is 24.1. The lowest BCUT2D eigenvalue weighted by Crippen LogP contribution is -2.64. The maximum atomic E-state index is 13.0. The van der Waals surface area contributed by atoms with Gasteiger partial charge < -0.3 is 30.7 Å². The average molecular weight is 485 g/mol. The average Bonchev–Trinajstić information content (AvgIpc) is 3.27. The van der Waals surface area contributed by atoms with E-state index in [0.717, 1.165) is 37.8 Å². The van der Waals surface area contributed by atoms with E-state index < -0.39 is 35.9 Å². The second-order valence-electron chi connectivity index (χ2n) is 9.54. The fraction of sp³-hybridized carbons (Fsp3) is 0.708. The van der Waals surface area contributed by atoms with Gasteiger partial charge in [-0.05, 0) is 68.0 Å². The van der Waals surface area contributed by atoms with Gasteiger partial charge in [-0.1, -0.05) is 26.0 Å². The van der Waals surface area contributed by atoms with Crippen molar-refractivity contribution in [1.82, 2.24) is 10.6 Å². The van der Waals surface area contributed by atoms with Gasteiger partial charge in [-0.25, -0.2) is 4.39 Å². The molecule has 5 N–H and O–H groups in total. The van der Waals surface area contributed by atoms with Crippen molar-refractivity contribution in [3.8, 4) is 0 Å². The van der Waals surface area contributed by atoms with E-state index in [9.17, 15) is 24.5 Å². The normalized spacial score (nSPS) is 33.3. The molecule has 2 saturated heterocycles. The molecule has 3 rings (SSSR count). The van der Waals surface area contributed by atoms with Gasteiger partial charge in [-0.3, -0.25) is 4.79 Å². The Morgan fingerprint density at radius 2 is 1.91 bits per heavy atom. The lowest BCUT2D eigenvalue weighted by Gasteiger charge is -2.44. The molecule has 1 aromatic rings. The molecule has 7 nitrogen and oxygen atoms in total. The zero-order valence-electron chi connectivity index (χ0n) is 19.5. The van der Waals surface area contributed by atoms with Crippen LogP contribution in [0.15, 0.2) is 24.3 Å². The Morgan fingerprint density at radius 1 is 1.21 bits per heavy atom. The molecule has 2 aliphatic heterocycles. The molecule has 2 aliphatic rings. The van der Waals surface area contributed by atoms with E-state index in [4.69, 9.17) is 4.74 Å². The molecule has 0 unspecified atom stereocenters. The minimum absolute atomic E-state index is 0.0496. The molecule has 1 amide bonds. The first-order chi connectivity index (χ1) is 15.7. The Hall–Kier alpha value is -1.23. The van der Waals surface area contributed by atoms with Crippen LogP contribution in [0.1, 0.15) is 38.7 Å². The van der Waals surface area contributed by atoms with E-state index in [1.54, 1.807) is 6.26 Å². The highest BCUT2D eigenvalue weighted by Gasteiger charge is 2.47. The number of amides is 1. The molecule has 0 saturated carbocycles. The summed E-state index contributed by atoms with van der Waals surface area (Å²) in [7, 11) is 0. The number of ether oxygens (including phenoxy) is 1. The van der Waals surface area contributed by atoms with Gasteiger partial charge in [0, 0.05) is 0 Å². The number of thioether (sulfide) groups is 1. The number of benzene rings is 1. The van der Waals surface area contributed by atoms with Crippen LogP contribution in [0.5, 0.6) is 0 Å². The van der Waals surface area contributed by atoms with Gasteiger partial charge in [0.15, 0.2) is 0 Å². The number of aliphatic hydroxyl groups excluding tert-OH is 3. The second-order valence-corrected chi connectivity index (χ2v) is 10.5. The third kappa shape index (κ3) is 6.68. The molecule has 186 valence electrons. The Labute approximate surface area is 199 Å². The van der Waals surface area contributed by atoms with E-state index >= 15 is 0 Å². The van der Waals surface area contributed by atoms with Crippen molar-refractivity contribution in [3.05, 3.63) is 35.6 Å². The van der Waals surface area contributed by atoms with Crippen molar-refractivity contribution < 1.29 is 29.2 Å². The van der Waals surface area contributed by atoms with Gasteiger partial charge in [0.25, 0.3) is 0 Å². The van der Waals surface area contributed by atoms with Gasteiger partial charge in [-0.15, -0.1) is 11.8 Å². The van der Waals surface area contributed by atoms with Gasteiger partial charge in [0.05, 0.1) is 12.1 Å². The number of hydrogen-bond acceptors (Lipinski definition) is 7. The quantitative estimate of drug-likeness (QED) is 0.361. The number of aliphatic hydroxyl groups is 3. The molecule has 2 fully saturated rings. The second kappa shape index (κ2) is 12.0. The Morgan fingerprint density at radius 3 is 2.55 bits per heavy atom. The SMILES string of the molecule is CS[C@H]1O[C@H]([C@H](NC(=O)[C@@H]2C[C@@H](CCCc3ccc(F)cc3)CN2)C(C)C)[C@H](O)[C@H](O)[C@H]1O. The molecule has 2 heterocycles. The summed E-state index contributed by atoms with van der Waals surface area (Å²) in [5.74, 6) is -0.0422. The molecule has 0 radical (unpaired) electrons. The van der Waals surface area contributed by atoms with E-state index in [1.165, 1.54) is 23.9 Å². The van der Waals surface area contributed by atoms with E-state index in [0.29, 0.717) is 5.92 Å². The van der Waals surface area contributed by atoms with Crippen molar-refractivity contribution in [2.75, 3.05) is 12.8 Å². The summed E-state index contributed by atoms with van der Waals surface area (Å²) in [6.07, 6.45) is 0.663. The van der Waals surface area contributed by atoms with Crippen LogP contribution >= 0.6 is 11.8 Å². The van der Waals surface area contributed by atoms with Crippen LogP contribution < -0.4 is 10.6 Å². The van der Waals surface area contributed by atoms with Gasteiger partial charge in [0.1, 0.15) is 35.7 Å². The van der Waals surface area contributed by atoms with Crippen molar-refractivity contribution in [2.24, 2.45) is 11.8 Å². The largest absolute Gasteiger partial charge is 0.388 e. The molecule has 0 aromatic heterocycles. The number of halogens is 1. The third-order valence-corrected chi connectivity index (χ3v) is 7.60. The number of nitrogens with one attached hydrogen (secondary N) is 2. The monoisotopic (exact) mass is 484 g/mol. The molecule has 0 bridgehead atoms. The minimum atomic E-state index is -1.34. The summed E-state index contributed by atoms with van der Waals surface area (Å²) in [5, 5.41) is 37.2. The van der Waals surface area contributed by atoms with Crippen LogP contribution in [0.2, 0.25) is 0 Å². The molecular formula is C24H37FN2O5S. The molecule has 33 heavy (non-hydrogen) atoms. The Balaban J connectivity index is 1.51. The lowest BCUT2D eigenvalue weighted by molar-refractivity contribution is -0.208. The smallest absolute Gasteiger partial charge is 0.237 e. The van der Waals surface area contributed by atoms with Crippen molar-refractivity contribution in [2.45, 2.75) is 81.5 Å². The first-order valence-electron chi connectivity index (χ1n) is 11.7. The van der Waals surface area contributed by atoms with Crippen LogP contribution in [-0.2, 0) is 16.0 Å². The third-order valence-electron chi connectivity index (χ3n) is 6.75. The zero-order valence-corrected chi connectivity index (χ0v) is 20.3. The maximum Gasteiger partial charge on any atom is 0.237 e. The minimum Gasteiger partial charge on any atom is -0.388 e. The number of carbonyl (C=O) groups is 1. The molecule has 9 heteroatoms. The topological polar surface area (TPSA) is 111 Å². The molecule has 0 spiro atoms. The molecule has 1 aromatic carbocycles. The van der Waals surface area contributed by atoms with E-state index in [1.807, 2.05) is 26.0 Å². The highest BCUT2D eigenvalue weighted by atomic mass is 32.2. The maximum absolute atomic E-state index is 13.0. The predicted octanol–water partition coefficient (Wildman–Crippen LogP) is 1.44. The van der Waals surface area contributed by atoms with Gasteiger partial charge in [0.2, 0.25) is 5.91 Å². The molecule has 0 aliphatic carbocycles. The highest BCUT2D eigenvalue weighted by molar-refractivity contribution is 7.99. The van der Waals surface area contributed by atoms with Crippen LogP contribution in [0.3, 0.4) is 0 Å². The van der Waals surface area contributed by atoms with Gasteiger partial charge >= 0.3 is 0 Å². The molecular weight excluding hydrogens is 447 g/mol. The molecule has 8 atom stereocenters. The number of aryl methyl sites for hydroxylation is 1. The number of rotatable bonds is 9. The first-order valence-corrected chi connectivity index (χ1v) is 13.0. The van der Waals surface area contributed by atoms with Crippen molar-refractivity contribution in [3.63, 3.8) is 0 Å². The first kappa shape index (κ1) is 26.4. The van der Waals surface area contributed by atoms with Crippen LogP contribution in [0.4, 0.5) is 4.39 Å². The number of hydrogen-bond donors (Lipinski definition) is 5. The highest BCUT2D eigenvalue weighted by Crippen LogP contribution is 2.30. The summed E-state index contributed by atoms with van der Waals surface area (Å²) in [5.41, 5.74) is 0.431. The van der Waals surface area contributed by atoms with E-state index in [2.05, 4.69) is 10.6 Å².